The molecule has 1 aromatic carbocycles. The summed E-state index contributed by atoms with van der Waals surface area (Å²) >= 11 is 6.01. The van der Waals surface area contributed by atoms with Gasteiger partial charge in [-0.25, -0.2) is 5.48 Å². The zero-order valence-electron chi connectivity index (χ0n) is 16.9. The second-order valence-electron chi connectivity index (χ2n) is 6.72. The van der Waals surface area contributed by atoms with E-state index >= 15 is 0 Å². The Morgan fingerprint density at radius 2 is 1.83 bits per heavy atom. The molecule has 9 heteroatoms. The maximum atomic E-state index is 11.9. The van der Waals surface area contributed by atoms with Crippen LogP contribution in [0.4, 0.5) is 0 Å². The second-order valence-corrected chi connectivity index (χ2v) is 7.15. The van der Waals surface area contributed by atoms with Gasteiger partial charge in [-0.2, -0.15) is 5.10 Å². The number of amides is 1. The molecule has 0 spiro atoms. The number of hydrogen-bond donors (Lipinski definition) is 2. The Morgan fingerprint density at radius 3 is 2.38 bits per heavy atom. The lowest BCUT2D eigenvalue weighted by molar-refractivity contribution is -0.132. The van der Waals surface area contributed by atoms with Crippen LogP contribution in [0.5, 0.6) is 0 Å². The fourth-order valence-electron chi connectivity index (χ4n) is 3.42. The summed E-state index contributed by atoms with van der Waals surface area (Å²) in [6.45, 7) is 0.843. The molecule has 160 valence electrons. The van der Waals surface area contributed by atoms with E-state index in [-0.39, 0.29) is 18.4 Å². The molecule has 2 rings (SSSR count). The lowest BCUT2D eigenvalue weighted by Crippen LogP contribution is -2.33. The minimum atomic E-state index is -0.519. The molecular formula is C20H28ClN3O5. The quantitative estimate of drug-likeness (QED) is 0.401. The van der Waals surface area contributed by atoms with Gasteiger partial charge in [-0.3, -0.25) is 14.7 Å². The molecular weight excluding hydrogens is 398 g/mol. The smallest absolute Gasteiger partial charge is 0.245 e. The van der Waals surface area contributed by atoms with Crippen LogP contribution in [0.2, 0.25) is 5.02 Å². The predicted molar refractivity (Wildman–Crippen MR) is 108 cm³/mol. The Bertz CT molecular complexity index is 747. The van der Waals surface area contributed by atoms with Crippen LogP contribution in [0.3, 0.4) is 0 Å². The highest BCUT2D eigenvalue weighted by Gasteiger charge is 2.30. The number of hydroxylamine groups is 1. The minimum absolute atomic E-state index is 0.00431. The summed E-state index contributed by atoms with van der Waals surface area (Å²) in [4.78, 5) is 11.9. The van der Waals surface area contributed by atoms with Crippen molar-refractivity contribution in [1.29, 1.82) is 0 Å². The number of nitrogens with one attached hydrogen (secondary N) is 1. The largest absolute Gasteiger partial charge is 0.382 e. The number of benzene rings is 1. The number of halogens is 1. The highest BCUT2D eigenvalue weighted by molar-refractivity contribution is 6.30. The monoisotopic (exact) mass is 425 g/mol. The van der Waals surface area contributed by atoms with Gasteiger partial charge in [-0.1, -0.05) is 23.7 Å². The molecule has 0 bridgehead atoms. The van der Waals surface area contributed by atoms with Gasteiger partial charge >= 0.3 is 0 Å². The van der Waals surface area contributed by atoms with Crippen LogP contribution in [-0.2, 0) is 25.4 Å². The number of carbonyl (C=O) groups excluding carboxylic acids is 1. The summed E-state index contributed by atoms with van der Waals surface area (Å²) in [5.41, 5.74) is 3.60. The Kier molecular flexibility index (Phi) is 9.56. The van der Waals surface area contributed by atoms with Gasteiger partial charge in [0.05, 0.1) is 31.8 Å². The number of methoxy groups -OCH3 is 3. The summed E-state index contributed by atoms with van der Waals surface area (Å²) in [5, 5.41) is 14.1. The first-order valence-electron chi connectivity index (χ1n) is 9.25. The van der Waals surface area contributed by atoms with Crippen molar-refractivity contribution in [2.24, 2.45) is 0 Å². The van der Waals surface area contributed by atoms with Gasteiger partial charge in [0.2, 0.25) is 5.91 Å². The lowest BCUT2D eigenvalue weighted by Gasteiger charge is -2.28. The minimum Gasteiger partial charge on any atom is -0.382 e. The first-order chi connectivity index (χ1) is 14.0. The fourth-order valence-corrected chi connectivity index (χ4v) is 3.54. The van der Waals surface area contributed by atoms with Crippen LogP contribution in [-0.4, -0.2) is 61.5 Å². The van der Waals surface area contributed by atoms with Crippen molar-refractivity contribution < 1.29 is 24.2 Å². The number of hydrogen-bond acceptors (Lipinski definition) is 6. The van der Waals surface area contributed by atoms with Crippen molar-refractivity contribution in [1.82, 2.24) is 15.3 Å². The van der Waals surface area contributed by atoms with E-state index < -0.39 is 12.0 Å². The van der Waals surface area contributed by atoms with E-state index in [0.717, 1.165) is 11.3 Å². The summed E-state index contributed by atoms with van der Waals surface area (Å²) < 4.78 is 18.2. The highest BCUT2D eigenvalue weighted by Crippen LogP contribution is 2.30. The van der Waals surface area contributed by atoms with Crippen LogP contribution in [0.25, 0.3) is 0 Å². The molecule has 1 heterocycles. The molecule has 0 aliphatic rings. The predicted octanol–water partition coefficient (Wildman–Crippen LogP) is 2.61. The zero-order valence-corrected chi connectivity index (χ0v) is 17.6. The summed E-state index contributed by atoms with van der Waals surface area (Å²) in [6.07, 6.45) is 1.81. The van der Waals surface area contributed by atoms with Crippen LogP contribution in [0.1, 0.15) is 29.6 Å². The van der Waals surface area contributed by atoms with Crippen molar-refractivity contribution in [3.8, 4) is 0 Å². The standard InChI is InChI=1S/C20H28ClN3O5/c1-27-12-16(13-28-2)24-18(8-9-22-24)17(19(29-3)11-20(25)23-26)10-14-4-6-15(21)7-5-14/h4-9,16-17,19,26H,10-13H2,1-3H3,(H,23,25). The van der Waals surface area contributed by atoms with E-state index in [0.29, 0.717) is 24.7 Å². The maximum absolute atomic E-state index is 11.9. The molecule has 2 N–H and O–H groups in total. The maximum Gasteiger partial charge on any atom is 0.245 e. The van der Waals surface area contributed by atoms with Crippen molar-refractivity contribution in [2.45, 2.75) is 30.9 Å². The number of nitrogens with zero attached hydrogens (tertiary/aromatic N) is 2. The molecule has 0 fully saturated rings. The third-order valence-electron chi connectivity index (χ3n) is 4.78. The normalized spacial score (nSPS) is 13.4. The first-order valence-corrected chi connectivity index (χ1v) is 9.63. The third kappa shape index (κ3) is 6.52. The molecule has 2 aromatic rings. The summed E-state index contributed by atoms with van der Waals surface area (Å²) in [7, 11) is 4.80. The number of aromatic nitrogens is 2. The van der Waals surface area contributed by atoms with E-state index in [1.165, 1.54) is 0 Å². The van der Waals surface area contributed by atoms with Crippen molar-refractivity contribution in [2.75, 3.05) is 34.5 Å². The first kappa shape index (κ1) is 23.3. The molecule has 29 heavy (non-hydrogen) atoms. The summed E-state index contributed by atoms with van der Waals surface area (Å²) in [6, 6.07) is 9.31. The van der Waals surface area contributed by atoms with Gasteiger partial charge in [0.25, 0.3) is 0 Å². The fraction of sp³-hybridized carbons (Fsp3) is 0.500. The molecule has 1 amide bonds. The zero-order chi connectivity index (χ0) is 21.2. The topological polar surface area (TPSA) is 94.8 Å². The Balaban J connectivity index is 2.42. The van der Waals surface area contributed by atoms with Crippen LogP contribution in [0.15, 0.2) is 36.5 Å². The van der Waals surface area contributed by atoms with E-state index in [2.05, 4.69) is 5.10 Å². The van der Waals surface area contributed by atoms with Gasteiger partial charge in [0, 0.05) is 44.2 Å². The SMILES string of the molecule is COCC(COC)n1nccc1C(Cc1ccc(Cl)cc1)C(CC(=O)NO)OC. The van der Waals surface area contributed by atoms with Gasteiger partial charge in [-0.15, -0.1) is 0 Å². The van der Waals surface area contributed by atoms with Crippen LogP contribution < -0.4 is 5.48 Å². The summed E-state index contributed by atoms with van der Waals surface area (Å²) in [5.74, 6) is -0.730. The van der Waals surface area contributed by atoms with Crippen molar-refractivity contribution in [3.63, 3.8) is 0 Å². The molecule has 2 atom stereocenters. The Morgan fingerprint density at radius 1 is 1.17 bits per heavy atom. The molecule has 0 saturated heterocycles. The molecule has 1 aromatic heterocycles. The van der Waals surface area contributed by atoms with Crippen molar-refractivity contribution >= 4 is 17.5 Å². The van der Waals surface area contributed by atoms with E-state index in [4.69, 9.17) is 31.0 Å². The Labute approximate surface area is 175 Å². The van der Waals surface area contributed by atoms with E-state index in [1.54, 1.807) is 33.0 Å². The molecule has 8 nitrogen and oxygen atoms in total. The van der Waals surface area contributed by atoms with Gasteiger partial charge < -0.3 is 14.2 Å². The van der Waals surface area contributed by atoms with Crippen molar-refractivity contribution in [3.05, 3.63) is 52.8 Å². The van der Waals surface area contributed by atoms with Gasteiger partial charge in [-0.05, 0) is 30.2 Å². The van der Waals surface area contributed by atoms with Crippen LogP contribution in [0, 0.1) is 0 Å². The number of carbonyl (C=O) groups is 1. The number of ether oxygens (including phenoxy) is 3. The highest BCUT2D eigenvalue weighted by atomic mass is 35.5. The lowest BCUT2D eigenvalue weighted by atomic mass is 9.88. The number of rotatable bonds is 12. The molecule has 0 radical (unpaired) electrons. The second kappa shape index (κ2) is 11.9. The molecule has 0 aliphatic carbocycles. The molecule has 2 unspecified atom stereocenters. The molecule has 0 saturated carbocycles. The van der Waals surface area contributed by atoms with Gasteiger partial charge in [0.15, 0.2) is 0 Å². The average molecular weight is 426 g/mol. The average Bonchev–Trinajstić information content (AvgIpc) is 3.21. The van der Waals surface area contributed by atoms with E-state index in [9.17, 15) is 4.79 Å². The van der Waals surface area contributed by atoms with E-state index in [1.807, 2.05) is 35.0 Å². The van der Waals surface area contributed by atoms with Crippen LogP contribution >= 0.6 is 11.6 Å². The third-order valence-corrected chi connectivity index (χ3v) is 5.03. The van der Waals surface area contributed by atoms with Gasteiger partial charge in [0.1, 0.15) is 0 Å². The Hall–Kier alpha value is -1.97. The molecule has 0 aliphatic heterocycles.